The third kappa shape index (κ3) is 2.81. The number of H-pyrrole nitrogens is 3. The summed E-state index contributed by atoms with van der Waals surface area (Å²) in [5, 5.41) is 0. The van der Waals surface area contributed by atoms with E-state index in [1.54, 1.807) is 0 Å². The van der Waals surface area contributed by atoms with Crippen molar-refractivity contribution in [2.75, 3.05) is 0 Å². The minimum Gasteiger partial charge on any atom is -0.346 e. The van der Waals surface area contributed by atoms with Gasteiger partial charge in [0, 0.05) is 29.9 Å². The molecule has 22 heavy (non-hydrogen) atoms. The normalized spacial score (nSPS) is 11.3. The molecule has 0 radical (unpaired) electrons. The minimum absolute atomic E-state index is 0.734. The van der Waals surface area contributed by atoms with Gasteiger partial charge in [0.05, 0.1) is 17.1 Å². The monoisotopic (exact) mass is 298 g/mol. The van der Waals surface area contributed by atoms with Gasteiger partial charge in [0.1, 0.15) is 17.5 Å². The molecule has 3 N–H and O–H groups in total. The Bertz CT molecular complexity index is 739. The first-order chi connectivity index (χ1) is 10.4. The Morgan fingerprint density at radius 3 is 1.55 bits per heavy atom. The lowest BCUT2D eigenvalue weighted by Crippen LogP contribution is -1.99. The number of rotatable bonds is 4. The molecular formula is C16H22N6. The van der Waals surface area contributed by atoms with Gasteiger partial charge in [0.15, 0.2) is 0 Å². The summed E-state index contributed by atoms with van der Waals surface area (Å²) in [5.74, 6) is 2.82. The maximum Gasteiger partial charge on any atom is 0.103 e. The van der Waals surface area contributed by atoms with Crippen LogP contribution in [0.2, 0.25) is 0 Å². The van der Waals surface area contributed by atoms with Crippen LogP contribution in [0.4, 0.5) is 0 Å². The highest BCUT2D eigenvalue weighted by atomic mass is 15.0. The molecule has 116 valence electrons. The van der Waals surface area contributed by atoms with Gasteiger partial charge in [-0.25, -0.2) is 15.0 Å². The third-order valence-electron chi connectivity index (χ3n) is 3.87. The molecule has 0 fully saturated rings. The van der Waals surface area contributed by atoms with E-state index in [1.807, 2.05) is 20.8 Å². The molecule has 6 heteroatoms. The van der Waals surface area contributed by atoms with E-state index in [9.17, 15) is 0 Å². The number of aryl methyl sites for hydroxylation is 5. The topological polar surface area (TPSA) is 86.0 Å². The van der Waals surface area contributed by atoms with Crippen LogP contribution in [0.5, 0.6) is 0 Å². The first kappa shape index (κ1) is 14.6. The highest BCUT2D eigenvalue weighted by molar-refractivity contribution is 5.28. The lowest BCUT2D eigenvalue weighted by Gasteiger charge is -2.01. The number of aromatic nitrogens is 6. The fraction of sp³-hybridized carbons (Fsp3) is 0.438. The summed E-state index contributed by atoms with van der Waals surface area (Å²) in [5.41, 5.74) is 6.51. The smallest absolute Gasteiger partial charge is 0.103 e. The summed E-state index contributed by atoms with van der Waals surface area (Å²) < 4.78 is 0. The van der Waals surface area contributed by atoms with Gasteiger partial charge in [-0.15, -0.1) is 0 Å². The Morgan fingerprint density at radius 2 is 1.05 bits per heavy atom. The van der Waals surface area contributed by atoms with Gasteiger partial charge in [0.2, 0.25) is 0 Å². The summed E-state index contributed by atoms with van der Waals surface area (Å²) in [7, 11) is 0. The van der Waals surface area contributed by atoms with Gasteiger partial charge in [-0.1, -0.05) is 0 Å². The Hall–Kier alpha value is -2.37. The van der Waals surface area contributed by atoms with E-state index in [1.165, 1.54) is 0 Å². The van der Waals surface area contributed by atoms with Gasteiger partial charge in [-0.2, -0.15) is 0 Å². The fourth-order valence-electron chi connectivity index (χ4n) is 2.87. The average Bonchev–Trinajstić information content (AvgIpc) is 3.01. The number of hydrogen-bond acceptors (Lipinski definition) is 3. The zero-order chi connectivity index (χ0) is 15.9. The number of nitrogens with zero attached hydrogens (tertiary/aromatic N) is 3. The predicted octanol–water partition coefficient (Wildman–Crippen LogP) is 2.58. The van der Waals surface area contributed by atoms with Crippen LogP contribution >= 0.6 is 0 Å². The van der Waals surface area contributed by atoms with Crippen LogP contribution in [-0.2, 0) is 12.8 Å². The Balaban J connectivity index is 1.89. The number of nitrogens with one attached hydrogen (secondary N) is 3. The van der Waals surface area contributed by atoms with Gasteiger partial charge in [-0.05, 0) is 34.6 Å². The molecule has 0 saturated heterocycles. The van der Waals surface area contributed by atoms with Crippen molar-refractivity contribution >= 4 is 0 Å². The van der Waals surface area contributed by atoms with E-state index >= 15 is 0 Å². The van der Waals surface area contributed by atoms with Crippen molar-refractivity contribution in [3.05, 3.63) is 51.6 Å². The number of hydrogen-bond donors (Lipinski definition) is 3. The second kappa shape index (κ2) is 5.44. The second-order valence-corrected chi connectivity index (χ2v) is 5.89. The van der Waals surface area contributed by atoms with Crippen LogP contribution in [0.1, 0.15) is 51.6 Å². The molecule has 0 aliphatic rings. The summed E-state index contributed by atoms with van der Waals surface area (Å²) in [6.45, 7) is 10.0. The molecule has 0 saturated carbocycles. The SMILES string of the molecule is Cc1nc(Cc2nc(C)[nH]c2Cc2nc(C)[nH]c2C)c(C)[nH]1. The molecule has 3 heterocycles. The quantitative estimate of drug-likeness (QED) is 0.692. The van der Waals surface area contributed by atoms with E-state index in [-0.39, 0.29) is 0 Å². The lowest BCUT2D eigenvalue weighted by atomic mass is 10.1. The van der Waals surface area contributed by atoms with E-state index < -0.39 is 0 Å². The summed E-state index contributed by atoms with van der Waals surface area (Å²) in [6, 6.07) is 0. The standard InChI is InChI=1S/C16H22N6/c1-8-13(19-10(3)17-8)6-15-16(22-12(5)21-15)7-14-9(2)18-11(4)20-14/h6-7H2,1-5H3,(H,17,19)(H,18,20)(H,21,22). The van der Waals surface area contributed by atoms with Gasteiger partial charge >= 0.3 is 0 Å². The van der Waals surface area contributed by atoms with E-state index in [0.717, 1.165) is 64.5 Å². The largest absolute Gasteiger partial charge is 0.346 e. The Labute approximate surface area is 129 Å². The van der Waals surface area contributed by atoms with Crippen molar-refractivity contribution in [3.8, 4) is 0 Å². The first-order valence-corrected chi connectivity index (χ1v) is 7.51. The van der Waals surface area contributed by atoms with E-state index in [0.29, 0.717) is 0 Å². The molecule has 0 aliphatic heterocycles. The zero-order valence-corrected chi connectivity index (χ0v) is 13.8. The van der Waals surface area contributed by atoms with Crippen LogP contribution in [0.3, 0.4) is 0 Å². The van der Waals surface area contributed by atoms with Crippen molar-refractivity contribution < 1.29 is 0 Å². The molecule has 0 aliphatic carbocycles. The Morgan fingerprint density at radius 1 is 0.591 bits per heavy atom. The zero-order valence-electron chi connectivity index (χ0n) is 13.8. The maximum absolute atomic E-state index is 4.64. The van der Waals surface area contributed by atoms with Crippen LogP contribution < -0.4 is 0 Å². The highest BCUT2D eigenvalue weighted by Gasteiger charge is 2.15. The average molecular weight is 298 g/mol. The molecule has 0 aromatic carbocycles. The van der Waals surface area contributed by atoms with Crippen LogP contribution in [0, 0.1) is 34.6 Å². The molecule has 0 amide bonds. The number of imidazole rings is 3. The molecular weight excluding hydrogens is 276 g/mol. The van der Waals surface area contributed by atoms with Gasteiger partial charge < -0.3 is 15.0 Å². The Kier molecular flexibility index (Phi) is 3.60. The number of aromatic amines is 3. The minimum atomic E-state index is 0.734. The van der Waals surface area contributed by atoms with Crippen molar-refractivity contribution in [1.82, 2.24) is 29.9 Å². The van der Waals surface area contributed by atoms with Crippen LogP contribution in [0.25, 0.3) is 0 Å². The van der Waals surface area contributed by atoms with Crippen LogP contribution in [0.15, 0.2) is 0 Å². The summed E-state index contributed by atoms with van der Waals surface area (Å²) in [4.78, 5) is 23.6. The molecule has 3 aromatic heterocycles. The molecule has 0 unspecified atom stereocenters. The maximum atomic E-state index is 4.64. The molecule has 6 nitrogen and oxygen atoms in total. The summed E-state index contributed by atoms with van der Waals surface area (Å²) in [6.07, 6.45) is 1.49. The van der Waals surface area contributed by atoms with Gasteiger partial charge in [-0.3, -0.25) is 0 Å². The molecule has 3 rings (SSSR count). The second-order valence-electron chi connectivity index (χ2n) is 5.89. The van der Waals surface area contributed by atoms with Crippen molar-refractivity contribution in [1.29, 1.82) is 0 Å². The molecule has 0 bridgehead atoms. The first-order valence-electron chi connectivity index (χ1n) is 7.51. The van der Waals surface area contributed by atoms with Crippen molar-refractivity contribution in [2.45, 2.75) is 47.5 Å². The summed E-state index contributed by atoms with van der Waals surface area (Å²) >= 11 is 0. The lowest BCUT2D eigenvalue weighted by molar-refractivity contribution is 0.961. The molecule has 3 aromatic rings. The third-order valence-corrected chi connectivity index (χ3v) is 3.87. The van der Waals surface area contributed by atoms with Crippen molar-refractivity contribution in [2.24, 2.45) is 0 Å². The van der Waals surface area contributed by atoms with Crippen molar-refractivity contribution in [3.63, 3.8) is 0 Å². The van der Waals surface area contributed by atoms with E-state index in [4.69, 9.17) is 0 Å². The fourth-order valence-corrected chi connectivity index (χ4v) is 2.87. The van der Waals surface area contributed by atoms with Crippen LogP contribution in [-0.4, -0.2) is 29.9 Å². The molecule has 0 spiro atoms. The molecule has 0 atom stereocenters. The predicted molar refractivity (Wildman–Crippen MR) is 85.1 cm³/mol. The van der Waals surface area contributed by atoms with Gasteiger partial charge in [0.25, 0.3) is 0 Å². The highest BCUT2D eigenvalue weighted by Crippen LogP contribution is 2.18. The van der Waals surface area contributed by atoms with E-state index in [2.05, 4.69) is 43.8 Å².